The van der Waals surface area contributed by atoms with E-state index in [2.05, 4.69) is 0 Å². The maximum Gasteiger partial charge on any atom is 0.315 e. The van der Waals surface area contributed by atoms with Crippen molar-refractivity contribution in [3.63, 3.8) is 0 Å². The topological polar surface area (TPSA) is 66.4 Å². The van der Waals surface area contributed by atoms with Gasteiger partial charge in [-0.05, 0) is 34.1 Å². The van der Waals surface area contributed by atoms with Gasteiger partial charge in [-0.25, -0.2) is 0 Å². The Bertz CT molecular complexity index is 295. The lowest BCUT2D eigenvalue weighted by molar-refractivity contribution is -0.935. The second-order valence-corrected chi connectivity index (χ2v) is 5.30. The molecule has 0 aliphatic heterocycles. The molecule has 106 valence electrons. The van der Waals surface area contributed by atoms with Crippen molar-refractivity contribution in [2.45, 2.75) is 41.0 Å². The molecule has 0 unspecified atom stereocenters. The van der Waals surface area contributed by atoms with Gasteiger partial charge in [-0.3, -0.25) is 9.28 Å². The highest BCUT2D eigenvalue weighted by Gasteiger charge is 2.31. The quantitative estimate of drug-likeness (QED) is 0.362. The Hall–Kier alpha value is -1.10. The summed E-state index contributed by atoms with van der Waals surface area (Å²) in [4.78, 5) is 22.6. The van der Waals surface area contributed by atoms with Crippen LogP contribution in [0.1, 0.15) is 41.0 Å². The molecule has 5 heteroatoms. The van der Waals surface area contributed by atoms with Crippen LogP contribution < -0.4 is 5.11 Å². The molecule has 0 aliphatic carbocycles. The van der Waals surface area contributed by atoms with Crippen LogP contribution >= 0.6 is 0 Å². The number of carbonyl (C=O) groups is 2. The highest BCUT2D eigenvalue weighted by molar-refractivity contribution is 5.75. The van der Waals surface area contributed by atoms with Crippen LogP contribution in [-0.4, -0.2) is 42.8 Å². The molecule has 0 fully saturated rings. The van der Waals surface area contributed by atoms with Crippen LogP contribution in [0.3, 0.4) is 0 Å². The summed E-state index contributed by atoms with van der Waals surface area (Å²) in [7, 11) is 0. The molecule has 5 nitrogen and oxygen atoms in total. The molecule has 0 aliphatic rings. The minimum atomic E-state index is -1.12. The predicted octanol–water partition coefficient (Wildman–Crippen LogP) is 0.530. The predicted molar refractivity (Wildman–Crippen MR) is 66.2 cm³/mol. The summed E-state index contributed by atoms with van der Waals surface area (Å²) in [5, 5.41) is 10.8. The van der Waals surface area contributed by atoms with E-state index in [1.165, 1.54) is 0 Å². The van der Waals surface area contributed by atoms with Gasteiger partial charge < -0.3 is 14.6 Å². The van der Waals surface area contributed by atoms with Crippen molar-refractivity contribution in [1.82, 2.24) is 0 Å². The van der Waals surface area contributed by atoms with Gasteiger partial charge in [0.1, 0.15) is 6.54 Å². The van der Waals surface area contributed by atoms with E-state index in [4.69, 9.17) is 4.74 Å². The molecule has 0 amide bonds. The third kappa shape index (κ3) is 4.64. The van der Waals surface area contributed by atoms with Crippen molar-refractivity contribution in [2.75, 3.05) is 26.4 Å². The summed E-state index contributed by atoms with van der Waals surface area (Å²) in [6, 6.07) is 0. The lowest BCUT2D eigenvalue weighted by atomic mass is 9.91. The van der Waals surface area contributed by atoms with Gasteiger partial charge in [-0.15, -0.1) is 0 Å². The summed E-state index contributed by atoms with van der Waals surface area (Å²) in [6.45, 7) is 10.5. The molecule has 0 atom stereocenters. The molecular weight excluding hydrogens is 234 g/mol. The largest absolute Gasteiger partial charge is 0.544 e. The third-order valence-electron chi connectivity index (χ3n) is 3.71. The smallest absolute Gasteiger partial charge is 0.315 e. The van der Waals surface area contributed by atoms with Crippen LogP contribution in [0.5, 0.6) is 0 Å². The Labute approximate surface area is 109 Å². The van der Waals surface area contributed by atoms with E-state index >= 15 is 0 Å². The van der Waals surface area contributed by atoms with Gasteiger partial charge in [0.25, 0.3) is 0 Å². The zero-order chi connectivity index (χ0) is 14.4. The van der Waals surface area contributed by atoms with Crippen molar-refractivity contribution < 1.29 is 23.9 Å². The molecule has 0 radical (unpaired) electrons. The molecule has 0 bridgehead atoms. The Morgan fingerprint density at radius 1 is 1.17 bits per heavy atom. The SMILES string of the molecule is CCC(C)(C)C(=O)OC[N+](CC)(CC)CC(=O)[O-]. The van der Waals surface area contributed by atoms with Crippen LogP contribution in [0.15, 0.2) is 0 Å². The van der Waals surface area contributed by atoms with Crippen LogP contribution in [-0.2, 0) is 14.3 Å². The molecule has 0 N–H and O–H groups in total. The van der Waals surface area contributed by atoms with Crippen molar-refractivity contribution in [3.05, 3.63) is 0 Å². The number of hydrogen-bond acceptors (Lipinski definition) is 4. The minimum absolute atomic E-state index is 0.0866. The number of carbonyl (C=O) groups excluding carboxylic acids is 2. The van der Waals surface area contributed by atoms with Crippen LogP contribution in [0.4, 0.5) is 0 Å². The maximum absolute atomic E-state index is 11.9. The van der Waals surface area contributed by atoms with Gasteiger partial charge in [-0.1, -0.05) is 6.92 Å². The van der Waals surface area contributed by atoms with E-state index in [-0.39, 0.29) is 23.7 Å². The number of esters is 1. The zero-order valence-electron chi connectivity index (χ0n) is 12.1. The fraction of sp³-hybridized carbons (Fsp3) is 0.846. The highest BCUT2D eigenvalue weighted by atomic mass is 16.5. The van der Waals surface area contributed by atoms with Crippen molar-refractivity contribution >= 4 is 11.9 Å². The fourth-order valence-electron chi connectivity index (χ4n) is 1.48. The number of quaternary nitrogens is 1. The van der Waals surface area contributed by atoms with Crippen molar-refractivity contribution in [2.24, 2.45) is 5.41 Å². The molecule has 0 spiro atoms. The first-order valence-electron chi connectivity index (χ1n) is 6.45. The molecule has 0 rings (SSSR count). The number of hydrogen-bond donors (Lipinski definition) is 0. The van der Waals surface area contributed by atoms with E-state index in [1.807, 2.05) is 34.6 Å². The molecule has 0 heterocycles. The first-order chi connectivity index (χ1) is 8.23. The number of likely N-dealkylation sites (N-methyl/N-ethyl adjacent to an activating group) is 1. The fourth-order valence-corrected chi connectivity index (χ4v) is 1.48. The second-order valence-electron chi connectivity index (χ2n) is 5.30. The van der Waals surface area contributed by atoms with E-state index < -0.39 is 11.4 Å². The molecule has 0 aromatic rings. The van der Waals surface area contributed by atoms with Gasteiger partial charge in [-0.2, -0.15) is 0 Å². The van der Waals surface area contributed by atoms with Crippen LogP contribution in [0.25, 0.3) is 0 Å². The number of rotatable bonds is 8. The average Bonchev–Trinajstić information content (AvgIpc) is 2.33. The Balaban J connectivity index is 4.63. The molecule has 18 heavy (non-hydrogen) atoms. The first-order valence-corrected chi connectivity index (χ1v) is 6.45. The third-order valence-corrected chi connectivity index (χ3v) is 3.71. The van der Waals surface area contributed by atoms with Crippen LogP contribution in [0.2, 0.25) is 0 Å². The summed E-state index contributed by atoms with van der Waals surface area (Å²) < 4.78 is 5.49. The Morgan fingerprint density at radius 2 is 1.67 bits per heavy atom. The summed E-state index contributed by atoms with van der Waals surface area (Å²) in [5.74, 6) is -1.41. The first kappa shape index (κ1) is 16.9. The van der Waals surface area contributed by atoms with E-state index in [9.17, 15) is 14.7 Å². The van der Waals surface area contributed by atoms with Gasteiger partial charge in [0.05, 0.1) is 24.5 Å². The number of ether oxygens (including phenoxy) is 1. The highest BCUT2D eigenvalue weighted by Crippen LogP contribution is 2.22. The van der Waals surface area contributed by atoms with E-state index in [0.29, 0.717) is 19.5 Å². The van der Waals surface area contributed by atoms with Crippen molar-refractivity contribution in [1.29, 1.82) is 0 Å². The summed E-state index contributed by atoms with van der Waals surface area (Å²) >= 11 is 0. The van der Waals surface area contributed by atoms with Crippen LogP contribution in [0, 0.1) is 5.41 Å². The molecular formula is C13H25NO4. The Morgan fingerprint density at radius 3 is 2.00 bits per heavy atom. The standard InChI is InChI=1S/C13H25NO4/c1-6-13(4,5)12(17)18-10-14(7-2,8-3)9-11(15)16/h6-10H2,1-5H3. The minimum Gasteiger partial charge on any atom is -0.544 e. The summed E-state index contributed by atoms with van der Waals surface area (Å²) in [6.07, 6.45) is 0.685. The van der Waals surface area contributed by atoms with E-state index in [0.717, 1.165) is 0 Å². The number of nitrogens with zero attached hydrogens (tertiary/aromatic N) is 1. The monoisotopic (exact) mass is 259 g/mol. The van der Waals surface area contributed by atoms with Gasteiger partial charge in [0.2, 0.25) is 6.73 Å². The molecule has 0 saturated heterocycles. The lowest BCUT2D eigenvalue weighted by Crippen LogP contribution is -2.55. The maximum atomic E-state index is 11.9. The number of aliphatic carboxylic acids is 1. The normalized spacial score (nSPS) is 12.3. The van der Waals surface area contributed by atoms with E-state index in [1.54, 1.807) is 0 Å². The van der Waals surface area contributed by atoms with Gasteiger partial charge >= 0.3 is 5.97 Å². The molecule has 0 aromatic heterocycles. The molecule has 0 aromatic carbocycles. The summed E-state index contributed by atoms with van der Waals surface area (Å²) in [5.41, 5.74) is -0.529. The number of carboxylic acid groups (broad SMARTS) is 1. The zero-order valence-corrected chi connectivity index (χ0v) is 12.1. The van der Waals surface area contributed by atoms with Gasteiger partial charge in [0, 0.05) is 0 Å². The van der Waals surface area contributed by atoms with Gasteiger partial charge in [0.15, 0.2) is 0 Å². The molecule has 0 saturated carbocycles. The van der Waals surface area contributed by atoms with Crippen molar-refractivity contribution in [3.8, 4) is 0 Å². The second kappa shape index (κ2) is 6.73. The number of carboxylic acids is 1. The Kier molecular flexibility index (Phi) is 6.32. The average molecular weight is 259 g/mol. The lowest BCUT2D eigenvalue weighted by Gasteiger charge is -2.36.